The summed E-state index contributed by atoms with van der Waals surface area (Å²) in [6, 6.07) is 17.0. The minimum absolute atomic E-state index is 0.0738. The second-order valence-corrected chi connectivity index (χ2v) is 9.71. The van der Waals surface area contributed by atoms with Crippen molar-refractivity contribution in [2.75, 3.05) is 6.61 Å². The number of benzene rings is 2. The number of esters is 1. The second kappa shape index (κ2) is 9.85. The predicted molar refractivity (Wildman–Crippen MR) is 131 cm³/mol. The number of ether oxygens (including phenoxy) is 2. The van der Waals surface area contributed by atoms with Crippen molar-refractivity contribution in [1.82, 2.24) is 10.3 Å². The lowest BCUT2D eigenvalue weighted by atomic mass is 9.98. The summed E-state index contributed by atoms with van der Waals surface area (Å²) >= 11 is 6.03. The van der Waals surface area contributed by atoms with Crippen LogP contribution >= 0.6 is 11.6 Å². The number of hydrogen-bond acceptors (Lipinski definition) is 5. The molecule has 1 N–H and O–H groups in total. The number of carbonyl (C=O) groups is 2. The molecule has 1 amide bonds. The number of pyridine rings is 1. The zero-order valence-electron chi connectivity index (χ0n) is 19.4. The average molecular weight is 479 g/mol. The van der Waals surface area contributed by atoms with E-state index in [0.29, 0.717) is 10.6 Å². The fourth-order valence-corrected chi connectivity index (χ4v) is 4.35. The SMILES string of the molecule is CC(C)(C)OC(=O)C(Cc1cncc(Cl)c1)NC(=O)OCC1c2ccccc2-c2ccccc21. The highest BCUT2D eigenvalue weighted by molar-refractivity contribution is 6.30. The number of amides is 1. The van der Waals surface area contributed by atoms with Crippen molar-refractivity contribution in [2.24, 2.45) is 0 Å². The first kappa shape index (κ1) is 23.8. The van der Waals surface area contributed by atoms with Crippen molar-refractivity contribution in [1.29, 1.82) is 0 Å². The molecule has 0 saturated heterocycles. The minimum atomic E-state index is -0.949. The number of rotatable bonds is 6. The Morgan fingerprint density at radius 2 is 1.65 bits per heavy atom. The van der Waals surface area contributed by atoms with Crippen molar-refractivity contribution >= 4 is 23.7 Å². The summed E-state index contributed by atoms with van der Waals surface area (Å²) in [4.78, 5) is 29.7. The number of carbonyl (C=O) groups excluding carboxylic acids is 2. The minimum Gasteiger partial charge on any atom is -0.458 e. The maximum absolute atomic E-state index is 12.8. The lowest BCUT2D eigenvalue weighted by Gasteiger charge is -2.24. The van der Waals surface area contributed by atoms with Gasteiger partial charge in [0.25, 0.3) is 0 Å². The molecule has 1 aliphatic carbocycles. The molecule has 4 rings (SSSR count). The molecule has 1 atom stereocenters. The molecule has 1 aromatic heterocycles. The second-order valence-electron chi connectivity index (χ2n) is 9.27. The van der Waals surface area contributed by atoms with Crippen LogP contribution in [0.25, 0.3) is 11.1 Å². The largest absolute Gasteiger partial charge is 0.458 e. The zero-order chi connectivity index (χ0) is 24.3. The van der Waals surface area contributed by atoms with Crippen LogP contribution in [0, 0.1) is 0 Å². The van der Waals surface area contributed by atoms with Crippen LogP contribution in [0.3, 0.4) is 0 Å². The van der Waals surface area contributed by atoms with Crippen molar-refractivity contribution in [3.8, 4) is 11.1 Å². The van der Waals surface area contributed by atoms with Gasteiger partial charge in [-0.05, 0) is 54.7 Å². The number of nitrogens with one attached hydrogen (secondary N) is 1. The van der Waals surface area contributed by atoms with E-state index in [1.54, 1.807) is 33.0 Å². The van der Waals surface area contributed by atoms with Crippen LogP contribution in [0.1, 0.15) is 43.4 Å². The third kappa shape index (κ3) is 5.57. The molecule has 176 valence electrons. The van der Waals surface area contributed by atoms with Gasteiger partial charge in [0.1, 0.15) is 18.2 Å². The van der Waals surface area contributed by atoms with E-state index in [2.05, 4.69) is 34.6 Å². The molecule has 0 radical (unpaired) electrons. The summed E-state index contributed by atoms with van der Waals surface area (Å²) in [6.45, 7) is 5.47. The van der Waals surface area contributed by atoms with E-state index in [0.717, 1.165) is 22.3 Å². The fourth-order valence-electron chi connectivity index (χ4n) is 4.15. The summed E-state index contributed by atoms with van der Waals surface area (Å²) in [5.74, 6) is -0.628. The molecule has 1 unspecified atom stereocenters. The zero-order valence-corrected chi connectivity index (χ0v) is 20.1. The number of fused-ring (bicyclic) bond motifs is 3. The Morgan fingerprint density at radius 3 is 2.24 bits per heavy atom. The molecule has 1 heterocycles. The Morgan fingerprint density at radius 1 is 1.03 bits per heavy atom. The molecular formula is C27H27ClN2O4. The molecule has 2 aromatic carbocycles. The van der Waals surface area contributed by atoms with Gasteiger partial charge >= 0.3 is 12.1 Å². The standard InChI is InChI=1S/C27H27ClN2O4/c1-27(2,3)34-25(31)24(13-17-12-18(28)15-29-14-17)30-26(32)33-16-23-21-10-6-4-8-19(21)20-9-5-7-11-22(20)23/h4-12,14-15,23-24H,13,16H2,1-3H3,(H,30,32). The lowest BCUT2D eigenvalue weighted by molar-refractivity contribution is -0.157. The lowest BCUT2D eigenvalue weighted by Crippen LogP contribution is -2.46. The Labute approximate surface area is 204 Å². The van der Waals surface area contributed by atoms with Crippen molar-refractivity contribution in [3.05, 3.63) is 88.7 Å². The van der Waals surface area contributed by atoms with Crippen LogP contribution in [0.4, 0.5) is 4.79 Å². The Bertz CT molecular complexity index is 1160. The van der Waals surface area contributed by atoms with Gasteiger partial charge in [-0.3, -0.25) is 4.98 Å². The van der Waals surface area contributed by atoms with E-state index in [1.807, 2.05) is 24.3 Å². The molecule has 7 heteroatoms. The summed E-state index contributed by atoms with van der Waals surface area (Å²) < 4.78 is 11.1. The van der Waals surface area contributed by atoms with Crippen LogP contribution in [-0.4, -0.2) is 35.3 Å². The molecule has 3 aromatic rings. The van der Waals surface area contributed by atoms with Crippen molar-refractivity contribution in [3.63, 3.8) is 0 Å². The molecular weight excluding hydrogens is 452 g/mol. The van der Waals surface area contributed by atoms with E-state index in [1.165, 1.54) is 6.20 Å². The van der Waals surface area contributed by atoms with E-state index < -0.39 is 23.7 Å². The topological polar surface area (TPSA) is 77.5 Å². The Balaban J connectivity index is 1.47. The highest BCUT2D eigenvalue weighted by Crippen LogP contribution is 2.44. The first-order valence-corrected chi connectivity index (χ1v) is 11.5. The van der Waals surface area contributed by atoms with E-state index in [4.69, 9.17) is 21.1 Å². The first-order valence-electron chi connectivity index (χ1n) is 11.1. The van der Waals surface area contributed by atoms with Crippen LogP contribution in [0.15, 0.2) is 67.0 Å². The van der Waals surface area contributed by atoms with Crippen LogP contribution < -0.4 is 5.32 Å². The van der Waals surface area contributed by atoms with E-state index in [9.17, 15) is 9.59 Å². The third-order valence-electron chi connectivity index (χ3n) is 5.53. The number of hydrogen-bond donors (Lipinski definition) is 1. The number of alkyl carbamates (subject to hydrolysis) is 1. The van der Waals surface area contributed by atoms with Gasteiger partial charge in [0, 0.05) is 24.7 Å². The van der Waals surface area contributed by atoms with Gasteiger partial charge < -0.3 is 14.8 Å². The molecule has 0 aliphatic heterocycles. The quantitative estimate of drug-likeness (QED) is 0.471. The highest BCUT2D eigenvalue weighted by Gasteiger charge is 2.31. The van der Waals surface area contributed by atoms with Gasteiger partial charge in [0.2, 0.25) is 0 Å². The van der Waals surface area contributed by atoms with E-state index >= 15 is 0 Å². The normalized spacial score (nSPS) is 13.5. The van der Waals surface area contributed by atoms with Crippen LogP contribution in [0.5, 0.6) is 0 Å². The molecule has 0 saturated carbocycles. The van der Waals surface area contributed by atoms with E-state index in [-0.39, 0.29) is 18.9 Å². The van der Waals surface area contributed by atoms with Crippen molar-refractivity contribution < 1.29 is 19.1 Å². The third-order valence-corrected chi connectivity index (χ3v) is 5.74. The van der Waals surface area contributed by atoms with Gasteiger partial charge in [-0.15, -0.1) is 0 Å². The number of aromatic nitrogens is 1. The smallest absolute Gasteiger partial charge is 0.407 e. The van der Waals surface area contributed by atoms with Crippen LogP contribution in [-0.2, 0) is 20.7 Å². The summed E-state index contributed by atoms with van der Waals surface area (Å²) in [6.07, 6.45) is 2.59. The molecule has 34 heavy (non-hydrogen) atoms. The monoisotopic (exact) mass is 478 g/mol. The van der Waals surface area contributed by atoms with Gasteiger partial charge in [-0.2, -0.15) is 0 Å². The van der Waals surface area contributed by atoms with Gasteiger partial charge in [0.05, 0.1) is 5.02 Å². The first-order chi connectivity index (χ1) is 16.2. The molecule has 1 aliphatic rings. The highest BCUT2D eigenvalue weighted by atomic mass is 35.5. The molecule has 0 spiro atoms. The maximum Gasteiger partial charge on any atom is 0.407 e. The Kier molecular flexibility index (Phi) is 6.89. The fraction of sp³-hybridized carbons (Fsp3) is 0.296. The number of nitrogens with zero attached hydrogens (tertiary/aromatic N) is 1. The predicted octanol–water partition coefficient (Wildman–Crippen LogP) is 5.53. The molecule has 6 nitrogen and oxygen atoms in total. The molecule has 0 fully saturated rings. The average Bonchev–Trinajstić information content (AvgIpc) is 3.10. The van der Waals surface area contributed by atoms with Gasteiger partial charge in [0.15, 0.2) is 0 Å². The summed E-state index contributed by atoms with van der Waals surface area (Å²) in [5.41, 5.74) is 4.52. The number of halogens is 1. The molecule has 0 bridgehead atoms. The van der Waals surface area contributed by atoms with Gasteiger partial charge in [-0.1, -0.05) is 60.1 Å². The summed E-state index contributed by atoms with van der Waals surface area (Å²) in [7, 11) is 0. The Hall–Kier alpha value is -3.38. The van der Waals surface area contributed by atoms with Gasteiger partial charge in [-0.25, -0.2) is 9.59 Å². The maximum atomic E-state index is 12.8. The van der Waals surface area contributed by atoms with Crippen LogP contribution in [0.2, 0.25) is 5.02 Å². The van der Waals surface area contributed by atoms with Crippen molar-refractivity contribution in [2.45, 2.75) is 44.8 Å². The summed E-state index contributed by atoms with van der Waals surface area (Å²) in [5, 5.41) is 3.12.